The molecule has 104 valence electrons. The maximum absolute atomic E-state index is 12.1. The number of amides is 1. The minimum atomic E-state index is 0.103. The number of hydrogen-bond donors (Lipinski definition) is 1. The monoisotopic (exact) mass is 331 g/mol. The van der Waals surface area contributed by atoms with E-state index in [0.717, 1.165) is 18.0 Å². The van der Waals surface area contributed by atoms with E-state index in [2.05, 4.69) is 39.4 Å². The number of hydrogen-bond acceptors (Lipinski definition) is 1. The number of rotatable bonds is 5. The molecule has 1 saturated carbocycles. The summed E-state index contributed by atoms with van der Waals surface area (Å²) in [5.74, 6) is 0.860. The lowest BCUT2D eigenvalue weighted by Gasteiger charge is -2.11. The minimum absolute atomic E-state index is 0.103. The lowest BCUT2D eigenvalue weighted by atomic mass is 10.0. The van der Waals surface area contributed by atoms with Gasteiger partial charge in [-0.1, -0.05) is 58.4 Å². The number of nitrogens with one attached hydrogen (secondary N) is 1. The molecule has 1 aliphatic carbocycles. The smallest absolute Gasteiger partial charge is 0.224 e. The maximum Gasteiger partial charge on any atom is 0.224 e. The highest BCUT2D eigenvalue weighted by molar-refractivity contribution is 9.09. The summed E-state index contributed by atoms with van der Waals surface area (Å²) in [7, 11) is 0. The van der Waals surface area contributed by atoms with Crippen molar-refractivity contribution < 1.29 is 4.79 Å². The van der Waals surface area contributed by atoms with Gasteiger partial charge in [-0.2, -0.15) is 0 Å². The standard InChI is InChI=1S/C17H18BrNO/c18-16(13-8-9-13)11-19-17(20)10-14-6-3-5-12-4-1-2-7-15(12)14/h1-7,13,16H,8-11H2,(H,19,20). The van der Waals surface area contributed by atoms with E-state index in [-0.39, 0.29) is 5.91 Å². The first kappa shape index (κ1) is 13.6. The summed E-state index contributed by atoms with van der Waals surface area (Å²) in [4.78, 5) is 12.5. The molecule has 1 fully saturated rings. The Morgan fingerprint density at radius 3 is 2.75 bits per heavy atom. The highest BCUT2D eigenvalue weighted by Crippen LogP contribution is 2.36. The van der Waals surface area contributed by atoms with Crippen LogP contribution in [0.3, 0.4) is 0 Å². The van der Waals surface area contributed by atoms with E-state index in [1.165, 1.54) is 23.6 Å². The fourth-order valence-electron chi connectivity index (χ4n) is 2.52. The number of carbonyl (C=O) groups excluding carboxylic acids is 1. The predicted octanol–water partition coefficient (Wildman–Crippen LogP) is 3.67. The van der Waals surface area contributed by atoms with Crippen LogP contribution in [0.2, 0.25) is 0 Å². The van der Waals surface area contributed by atoms with Gasteiger partial charge < -0.3 is 5.32 Å². The van der Waals surface area contributed by atoms with E-state index in [9.17, 15) is 4.79 Å². The SMILES string of the molecule is O=C(Cc1cccc2ccccc12)NCC(Br)C1CC1. The molecule has 20 heavy (non-hydrogen) atoms. The van der Waals surface area contributed by atoms with Crippen molar-refractivity contribution in [2.45, 2.75) is 24.1 Å². The van der Waals surface area contributed by atoms with E-state index in [0.29, 0.717) is 11.2 Å². The van der Waals surface area contributed by atoms with Crippen LogP contribution in [0.25, 0.3) is 10.8 Å². The van der Waals surface area contributed by atoms with Crippen LogP contribution in [-0.2, 0) is 11.2 Å². The molecule has 0 saturated heterocycles. The molecule has 3 heteroatoms. The summed E-state index contributed by atoms with van der Waals surface area (Å²) in [5.41, 5.74) is 1.10. The highest BCUT2D eigenvalue weighted by Gasteiger charge is 2.29. The molecule has 0 aromatic heterocycles. The van der Waals surface area contributed by atoms with Crippen molar-refractivity contribution in [3.8, 4) is 0 Å². The van der Waals surface area contributed by atoms with E-state index in [1.807, 2.05) is 24.3 Å². The molecule has 3 rings (SSSR count). The Bertz CT molecular complexity index is 616. The lowest BCUT2D eigenvalue weighted by molar-refractivity contribution is -0.120. The van der Waals surface area contributed by atoms with Crippen molar-refractivity contribution in [1.82, 2.24) is 5.32 Å². The highest BCUT2D eigenvalue weighted by atomic mass is 79.9. The normalized spacial score (nSPS) is 16.1. The third-order valence-corrected chi connectivity index (χ3v) is 4.93. The quantitative estimate of drug-likeness (QED) is 0.832. The van der Waals surface area contributed by atoms with Crippen LogP contribution < -0.4 is 5.32 Å². The van der Waals surface area contributed by atoms with Crippen LogP contribution in [0.15, 0.2) is 42.5 Å². The van der Waals surface area contributed by atoms with Crippen LogP contribution in [0.1, 0.15) is 18.4 Å². The molecule has 2 aromatic carbocycles. The van der Waals surface area contributed by atoms with Gasteiger partial charge in [0.2, 0.25) is 5.91 Å². The minimum Gasteiger partial charge on any atom is -0.355 e. The Morgan fingerprint density at radius 1 is 1.20 bits per heavy atom. The molecule has 1 atom stereocenters. The molecule has 1 unspecified atom stereocenters. The Morgan fingerprint density at radius 2 is 1.95 bits per heavy atom. The number of halogens is 1. The van der Waals surface area contributed by atoms with Gasteiger partial charge in [0, 0.05) is 11.4 Å². The van der Waals surface area contributed by atoms with Crippen LogP contribution in [-0.4, -0.2) is 17.3 Å². The second kappa shape index (κ2) is 5.96. The Kier molecular flexibility index (Phi) is 4.06. The van der Waals surface area contributed by atoms with Crippen LogP contribution in [0, 0.1) is 5.92 Å². The average molecular weight is 332 g/mol. The van der Waals surface area contributed by atoms with E-state index < -0.39 is 0 Å². The summed E-state index contributed by atoms with van der Waals surface area (Å²) in [6.07, 6.45) is 3.02. The Labute approximate surface area is 127 Å². The van der Waals surface area contributed by atoms with Crippen LogP contribution in [0.4, 0.5) is 0 Å². The summed E-state index contributed by atoms with van der Waals surface area (Å²) in [6.45, 7) is 0.730. The van der Waals surface area contributed by atoms with Crippen LogP contribution >= 0.6 is 15.9 Å². The molecule has 1 amide bonds. The first-order chi connectivity index (χ1) is 9.74. The molecule has 2 nitrogen and oxygen atoms in total. The van der Waals surface area contributed by atoms with E-state index >= 15 is 0 Å². The number of carbonyl (C=O) groups is 1. The molecule has 1 N–H and O–H groups in total. The first-order valence-electron chi connectivity index (χ1n) is 7.11. The zero-order valence-electron chi connectivity index (χ0n) is 11.3. The van der Waals surface area contributed by atoms with Crippen molar-refractivity contribution in [3.63, 3.8) is 0 Å². The lowest BCUT2D eigenvalue weighted by Crippen LogP contribution is -2.31. The molecule has 0 heterocycles. The zero-order chi connectivity index (χ0) is 13.9. The fraction of sp³-hybridized carbons (Fsp3) is 0.353. The van der Waals surface area contributed by atoms with Crippen LogP contribution in [0.5, 0.6) is 0 Å². The van der Waals surface area contributed by atoms with Crippen molar-refractivity contribution in [1.29, 1.82) is 0 Å². The van der Waals surface area contributed by atoms with Gasteiger partial charge in [0.05, 0.1) is 6.42 Å². The molecular formula is C17H18BrNO. The second-order valence-corrected chi connectivity index (χ2v) is 6.65. The summed E-state index contributed by atoms with van der Waals surface area (Å²) in [5, 5.41) is 5.39. The number of alkyl halides is 1. The van der Waals surface area contributed by atoms with Gasteiger partial charge in [-0.3, -0.25) is 4.79 Å². The zero-order valence-corrected chi connectivity index (χ0v) is 12.9. The Balaban J connectivity index is 1.64. The third-order valence-electron chi connectivity index (χ3n) is 3.86. The first-order valence-corrected chi connectivity index (χ1v) is 8.03. The molecule has 0 spiro atoms. The second-order valence-electron chi connectivity index (χ2n) is 5.47. The largest absolute Gasteiger partial charge is 0.355 e. The van der Waals surface area contributed by atoms with Crippen molar-refractivity contribution in [3.05, 3.63) is 48.0 Å². The Hall–Kier alpha value is -1.35. The van der Waals surface area contributed by atoms with Gasteiger partial charge in [-0.15, -0.1) is 0 Å². The van der Waals surface area contributed by atoms with Gasteiger partial charge >= 0.3 is 0 Å². The van der Waals surface area contributed by atoms with Crippen molar-refractivity contribution in [2.24, 2.45) is 5.92 Å². The number of benzene rings is 2. The summed E-state index contributed by atoms with van der Waals surface area (Å²) in [6, 6.07) is 14.3. The van der Waals surface area contributed by atoms with Gasteiger partial charge in [0.25, 0.3) is 0 Å². The van der Waals surface area contributed by atoms with Gasteiger partial charge in [0.15, 0.2) is 0 Å². The fourth-order valence-corrected chi connectivity index (χ4v) is 3.21. The molecule has 0 aliphatic heterocycles. The topological polar surface area (TPSA) is 29.1 Å². The van der Waals surface area contributed by atoms with E-state index in [1.54, 1.807) is 0 Å². The summed E-state index contributed by atoms with van der Waals surface area (Å²) < 4.78 is 0. The van der Waals surface area contributed by atoms with E-state index in [4.69, 9.17) is 0 Å². The number of fused-ring (bicyclic) bond motifs is 1. The average Bonchev–Trinajstić information content (AvgIpc) is 3.30. The van der Waals surface area contributed by atoms with Gasteiger partial charge in [0.1, 0.15) is 0 Å². The third kappa shape index (κ3) is 3.21. The maximum atomic E-state index is 12.1. The van der Waals surface area contributed by atoms with Gasteiger partial charge in [-0.25, -0.2) is 0 Å². The van der Waals surface area contributed by atoms with Crippen molar-refractivity contribution in [2.75, 3.05) is 6.54 Å². The molecule has 0 radical (unpaired) electrons. The molecule has 1 aliphatic rings. The van der Waals surface area contributed by atoms with Gasteiger partial charge in [-0.05, 0) is 35.1 Å². The summed E-state index contributed by atoms with van der Waals surface area (Å²) >= 11 is 3.64. The van der Waals surface area contributed by atoms with Crippen molar-refractivity contribution >= 4 is 32.6 Å². The predicted molar refractivity (Wildman–Crippen MR) is 86.1 cm³/mol. The molecule has 0 bridgehead atoms. The molecule has 2 aromatic rings. The molecular weight excluding hydrogens is 314 g/mol.